The number of hydrogen-bond acceptors (Lipinski definition) is 8. The van der Waals surface area contributed by atoms with E-state index in [1.165, 1.54) is 49.6 Å². The number of hydrogen-bond donors (Lipinski definition) is 2. The molecule has 2 N–H and O–H groups in total. The molecule has 4 amide bonds. The zero-order chi connectivity index (χ0) is 23.5. The van der Waals surface area contributed by atoms with E-state index in [0.717, 1.165) is 4.90 Å². The maximum absolute atomic E-state index is 12.9. The van der Waals surface area contributed by atoms with E-state index in [0.29, 0.717) is 11.4 Å². The largest absolute Gasteiger partial charge is 0.452 e. The van der Waals surface area contributed by atoms with E-state index in [1.54, 1.807) is 12.1 Å². The van der Waals surface area contributed by atoms with Crippen LogP contribution in [0.1, 0.15) is 38.0 Å². The van der Waals surface area contributed by atoms with Gasteiger partial charge in [-0.15, -0.1) is 0 Å². The average Bonchev–Trinajstić information content (AvgIpc) is 3.38. The summed E-state index contributed by atoms with van der Waals surface area (Å²) in [6, 6.07) is 11.5. The summed E-state index contributed by atoms with van der Waals surface area (Å²) >= 11 is 0. The van der Waals surface area contributed by atoms with Gasteiger partial charge in [0.1, 0.15) is 6.26 Å². The molecule has 11 heteroatoms. The molecule has 0 saturated heterocycles. The lowest BCUT2D eigenvalue weighted by atomic mass is 10.1. The minimum absolute atomic E-state index is 0.00647. The van der Waals surface area contributed by atoms with Crippen molar-refractivity contribution >= 4 is 46.8 Å². The second kappa shape index (κ2) is 8.75. The minimum Gasteiger partial charge on any atom is -0.452 e. The zero-order valence-electron chi connectivity index (χ0n) is 17.2. The number of rotatable bonds is 6. The highest BCUT2D eigenvalue weighted by Crippen LogP contribution is 2.30. The van der Waals surface area contributed by atoms with Crippen molar-refractivity contribution in [2.24, 2.45) is 0 Å². The molecule has 0 unspecified atom stereocenters. The van der Waals surface area contributed by atoms with Gasteiger partial charge in [-0.3, -0.25) is 19.2 Å². The number of nitrogens with zero attached hydrogens (tertiary/aromatic N) is 2. The third-order valence-electron chi connectivity index (χ3n) is 4.61. The van der Waals surface area contributed by atoms with Gasteiger partial charge in [-0.25, -0.2) is 9.69 Å². The number of carbonyl (C=O) groups excluding carboxylic acids is 5. The molecule has 4 rings (SSSR count). The first-order valence-electron chi connectivity index (χ1n) is 9.61. The fourth-order valence-corrected chi connectivity index (χ4v) is 3.17. The second-order valence-corrected chi connectivity index (χ2v) is 6.94. The topological polar surface area (TPSA) is 148 Å². The van der Waals surface area contributed by atoms with Crippen LogP contribution in [0.15, 0.2) is 59.3 Å². The second-order valence-electron chi connectivity index (χ2n) is 6.94. The molecule has 1 aliphatic heterocycles. The van der Waals surface area contributed by atoms with Crippen LogP contribution in [0.4, 0.5) is 17.2 Å². The van der Waals surface area contributed by atoms with Crippen LogP contribution in [0, 0.1) is 0 Å². The van der Waals surface area contributed by atoms with Gasteiger partial charge in [0.2, 0.25) is 5.91 Å². The molecule has 2 aromatic carbocycles. The van der Waals surface area contributed by atoms with Crippen molar-refractivity contribution in [3.8, 4) is 0 Å². The molecular formula is C22H16N4O7. The quantitative estimate of drug-likeness (QED) is 0.431. The van der Waals surface area contributed by atoms with E-state index < -0.39 is 30.3 Å². The lowest BCUT2D eigenvalue weighted by Crippen LogP contribution is -2.29. The van der Waals surface area contributed by atoms with E-state index >= 15 is 0 Å². The van der Waals surface area contributed by atoms with Crippen LogP contribution in [-0.4, -0.2) is 41.4 Å². The molecule has 0 radical (unpaired) electrons. The van der Waals surface area contributed by atoms with Crippen molar-refractivity contribution in [1.82, 2.24) is 5.16 Å². The Hall–Kier alpha value is -4.80. The Morgan fingerprint density at radius 3 is 2.36 bits per heavy atom. The van der Waals surface area contributed by atoms with E-state index in [9.17, 15) is 24.0 Å². The minimum atomic E-state index is -0.841. The normalized spacial score (nSPS) is 12.3. The van der Waals surface area contributed by atoms with E-state index in [-0.39, 0.29) is 28.4 Å². The number of anilines is 3. The van der Waals surface area contributed by atoms with Crippen molar-refractivity contribution in [3.63, 3.8) is 0 Å². The molecule has 11 nitrogen and oxygen atoms in total. The lowest BCUT2D eigenvalue weighted by Gasteiger charge is -2.14. The van der Waals surface area contributed by atoms with Gasteiger partial charge in [0.25, 0.3) is 17.7 Å². The number of ether oxygens (including phenoxy) is 1. The van der Waals surface area contributed by atoms with Gasteiger partial charge in [-0.1, -0.05) is 5.16 Å². The van der Waals surface area contributed by atoms with Crippen molar-refractivity contribution < 1.29 is 33.2 Å². The summed E-state index contributed by atoms with van der Waals surface area (Å²) in [5, 5.41) is 8.48. The molecule has 1 aromatic heterocycles. The Morgan fingerprint density at radius 1 is 0.970 bits per heavy atom. The first-order valence-corrected chi connectivity index (χ1v) is 9.61. The number of fused-ring (bicyclic) bond motifs is 1. The number of imide groups is 1. The lowest BCUT2D eigenvalue weighted by molar-refractivity contribution is -0.119. The van der Waals surface area contributed by atoms with E-state index in [1.807, 2.05) is 0 Å². The number of amides is 4. The van der Waals surface area contributed by atoms with Gasteiger partial charge in [0.05, 0.1) is 22.4 Å². The van der Waals surface area contributed by atoms with Crippen LogP contribution in [-0.2, 0) is 14.3 Å². The van der Waals surface area contributed by atoms with Crippen LogP contribution in [0.5, 0.6) is 0 Å². The highest BCUT2D eigenvalue weighted by atomic mass is 16.5. The first-order chi connectivity index (χ1) is 15.8. The molecule has 0 aliphatic carbocycles. The molecule has 2 heterocycles. The monoisotopic (exact) mass is 448 g/mol. The standard InChI is InChI=1S/C22H16N4O7/c1-12(27)23-14-3-5-15(6-4-14)26-20(29)16-7-2-13(10-17(16)21(26)30)22(31)32-11-19(28)24-18-8-9-33-25-18/h2-10H,11H2,1H3,(H,23,27)(H,24,25,28). The van der Waals surface area contributed by atoms with Crippen LogP contribution in [0.25, 0.3) is 0 Å². The van der Waals surface area contributed by atoms with Gasteiger partial charge >= 0.3 is 5.97 Å². The predicted octanol–water partition coefficient (Wildman–Crippen LogP) is 2.23. The Morgan fingerprint density at radius 2 is 1.70 bits per heavy atom. The van der Waals surface area contributed by atoms with Gasteiger partial charge in [-0.05, 0) is 42.5 Å². The maximum Gasteiger partial charge on any atom is 0.338 e. The Kier molecular flexibility index (Phi) is 5.68. The average molecular weight is 448 g/mol. The molecule has 0 spiro atoms. The van der Waals surface area contributed by atoms with Gasteiger partial charge in [0.15, 0.2) is 12.4 Å². The van der Waals surface area contributed by atoms with Crippen molar-refractivity contribution in [2.45, 2.75) is 6.92 Å². The fourth-order valence-electron chi connectivity index (χ4n) is 3.17. The van der Waals surface area contributed by atoms with Crippen LogP contribution < -0.4 is 15.5 Å². The van der Waals surface area contributed by atoms with Gasteiger partial charge in [0, 0.05) is 18.7 Å². The summed E-state index contributed by atoms with van der Waals surface area (Å²) < 4.78 is 9.54. The van der Waals surface area contributed by atoms with Gasteiger partial charge in [-0.2, -0.15) is 0 Å². The van der Waals surface area contributed by atoms with E-state index in [4.69, 9.17) is 4.74 Å². The number of nitrogens with one attached hydrogen (secondary N) is 2. The van der Waals surface area contributed by atoms with Crippen LogP contribution in [0.3, 0.4) is 0 Å². The first kappa shape index (κ1) is 21.4. The summed E-state index contributed by atoms with van der Waals surface area (Å²) in [5.41, 5.74) is 0.995. The van der Waals surface area contributed by atoms with Crippen LogP contribution >= 0.6 is 0 Å². The summed E-state index contributed by atoms with van der Waals surface area (Å²) in [6.07, 6.45) is 1.27. The summed E-state index contributed by atoms with van der Waals surface area (Å²) in [7, 11) is 0. The molecule has 33 heavy (non-hydrogen) atoms. The highest BCUT2D eigenvalue weighted by Gasteiger charge is 2.37. The highest BCUT2D eigenvalue weighted by molar-refractivity contribution is 6.34. The Labute approximate surface area is 186 Å². The van der Waals surface area contributed by atoms with Crippen molar-refractivity contribution in [2.75, 3.05) is 22.1 Å². The molecule has 1 aliphatic rings. The van der Waals surface area contributed by atoms with Gasteiger partial charge < -0.3 is 19.9 Å². The predicted molar refractivity (Wildman–Crippen MR) is 114 cm³/mol. The molecule has 166 valence electrons. The zero-order valence-corrected chi connectivity index (χ0v) is 17.2. The maximum atomic E-state index is 12.9. The molecule has 0 saturated carbocycles. The molecule has 0 fully saturated rings. The van der Waals surface area contributed by atoms with Crippen molar-refractivity contribution in [3.05, 3.63) is 71.5 Å². The number of esters is 1. The van der Waals surface area contributed by atoms with Crippen LogP contribution in [0.2, 0.25) is 0 Å². The number of benzene rings is 2. The smallest absolute Gasteiger partial charge is 0.338 e. The SMILES string of the molecule is CC(=O)Nc1ccc(N2C(=O)c3ccc(C(=O)OCC(=O)Nc4ccon4)cc3C2=O)cc1. The third-order valence-corrected chi connectivity index (χ3v) is 4.61. The summed E-state index contributed by atoms with van der Waals surface area (Å²) in [4.78, 5) is 61.9. The Balaban J connectivity index is 1.46. The van der Waals surface area contributed by atoms with Crippen molar-refractivity contribution in [1.29, 1.82) is 0 Å². The number of aromatic nitrogens is 1. The third kappa shape index (κ3) is 4.46. The summed E-state index contributed by atoms with van der Waals surface area (Å²) in [5.74, 6) is -2.71. The number of carbonyl (C=O) groups is 5. The molecule has 0 bridgehead atoms. The fraction of sp³-hybridized carbons (Fsp3) is 0.0909. The molecule has 3 aromatic rings. The molecule has 0 atom stereocenters. The molecular weight excluding hydrogens is 432 g/mol. The summed E-state index contributed by atoms with van der Waals surface area (Å²) in [6.45, 7) is 0.784. The van der Waals surface area contributed by atoms with E-state index in [2.05, 4.69) is 20.3 Å². The Bertz CT molecular complexity index is 1270.